The second kappa shape index (κ2) is 7.74. The molecular formula is C20H15Cl3FNO3. The van der Waals surface area contributed by atoms with Crippen molar-refractivity contribution in [2.45, 2.75) is 19.9 Å². The largest absolute Gasteiger partial charge is 0.503 e. The molecule has 8 heteroatoms. The molecule has 0 aliphatic carbocycles. The summed E-state index contributed by atoms with van der Waals surface area (Å²) >= 11 is 18.2. The molecule has 0 bridgehead atoms. The molecule has 0 fully saturated rings. The molecule has 0 spiro atoms. The number of carbonyl (C=O) groups is 2. The number of amides is 1. The van der Waals surface area contributed by atoms with Crippen molar-refractivity contribution in [2.24, 2.45) is 5.92 Å². The van der Waals surface area contributed by atoms with E-state index in [0.29, 0.717) is 10.6 Å². The molecule has 1 heterocycles. The summed E-state index contributed by atoms with van der Waals surface area (Å²) in [5.74, 6) is -3.47. The number of Topliss-reactive ketones (excluding diaryl/α,β-unsaturated/α-hetero) is 1. The van der Waals surface area contributed by atoms with Crippen molar-refractivity contribution >= 4 is 52.2 Å². The van der Waals surface area contributed by atoms with Gasteiger partial charge in [0.1, 0.15) is 0 Å². The van der Waals surface area contributed by atoms with Crippen LogP contribution in [0.3, 0.4) is 0 Å². The van der Waals surface area contributed by atoms with Crippen molar-refractivity contribution in [3.05, 3.63) is 74.2 Å². The van der Waals surface area contributed by atoms with E-state index >= 15 is 0 Å². The minimum atomic E-state index is -1.12. The van der Waals surface area contributed by atoms with Gasteiger partial charge in [-0.05, 0) is 29.8 Å². The predicted octanol–water partition coefficient (Wildman–Crippen LogP) is 5.91. The lowest BCUT2D eigenvalue weighted by Gasteiger charge is -2.28. The quantitative estimate of drug-likeness (QED) is 0.640. The second-order valence-corrected chi connectivity index (χ2v) is 7.85. The molecule has 3 rings (SSSR count). The number of hydrogen-bond acceptors (Lipinski definition) is 3. The molecule has 0 radical (unpaired) electrons. The number of halogens is 4. The van der Waals surface area contributed by atoms with Crippen LogP contribution in [0.25, 0.3) is 0 Å². The summed E-state index contributed by atoms with van der Waals surface area (Å²) in [7, 11) is 0. The van der Waals surface area contributed by atoms with Crippen LogP contribution in [-0.4, -0.2) is 16.8 Å². The number of hydrogen-bond donors (Lipinski definition) is 1. The van der Waals surface area contributed by atoms with Crippen molar-refractivity contribution < 1.29 is 19.1 Å². The van der Waals surface area contributed by atoms with E-state index < -0.39 is 35.2 Å². The van der Waals surface area contributed by atoms with Crippen molar-refractivity contribution in [1.82, 2.24) is 0 Å². The van der Waals surface area contributed by atoms with Crippen molar-refractivity contribution in [2.75, 3.05) is 4.90 Å². The standard InChI is InChI=1S/C20H15Cl3FNO3/c1-9(2)18(26)15-17(11-7-6-10(21)8-13(11)23)25(20(28)19(15)27)14-5-3-4-12(22)16(14)24/h3-9,17,27H,1-2H3. The van der Waals surface area contributed by atoms with Crippen LogP contribution >= 0.6 is 34.8 Å². The SMILES string of the molecule is CC(C)C(=O)C1=C(O)C(=O)N(c2cccc(Cl)c2F)C1c1ccc(Cl)cc1Cl. The Bertz CT molecular complexity index is 1020. The third-order valence-electron chi connectivity index (χ3n) is 4.45. The number of nitrogens with zero attached hydrogens (tertiary/aromatic N) is 1. The molecule has 1 aliphatic heterocycles. The van der Waals surface area contributed by atoms with E-state index in [1.807, 2.05) is 0 Å². The van der Waals surface area contributed by atoms with Crippen LogP contribution in [0.2, 0.25) is 15.1 Å². The molecule has 146 valence electrons. The van der Waals surface area contributed by atoms with Crippen molar-refractivity contribution in [1.29, 1.82) is 0 Å². The van der Waals surface area contributed by atoms with Gasteiger partial charge in [0.2, 0.25) is 0 Å². The lowest BCUT2D eigenvalue weighted by Crippen LogP contribution is -2.32. The molecule has 2 aromatic rings. The third-order valence-corrected chi connectivity index (χ3v) is 5.30. The maximum Gasteiger partial charge on any atom is 0.294 e. The average molecular weight is 443 g/mol. The van der Waals surface area contributed by atoms with Gasteiger partial charge < -0.3 is 5.11 Å². The topological polar surface area (TPSA) is 57.6 Å². The highest BCUT2D eigenvalue weighted by molar-refractivity contribution is 6.35. The number of benzene rings is 2. The van der Waals surface area contributed by atoms with Crippen LogP contribution in [0.5, 0.6) is 0 Å². The van der Waals surface area contributed by atoms with Gasteiger partial charge in [-0.25, -0.2) is 4.39 Å². The monoisotopic (exact) mass is 441 g/mol. The number of rotatable bonds is 4. The average Bonchev–Trinajstić information content (AvgIpc) is 2.88. The maximum atomic E-state index is 14.7. The number of aliphatic hydroxyl groups is 1. The molecule has 0 saturated heterocycles. The van der Waals surface area contributed by atoms with E-state index in [0.717, 1.165) is 4.90 Å². The molecule has 0 aromatic heterocycles. The predicted molar refractivity (Wildman–Crippen MR) is 108 cm³/mol. The summed E-state index contributed by atoms with van der Waals surface area (Å²) in [5.41, 5.74) is 0.00191. The Labute approximate surface area is 176 Å². The fourth-order valence-corrected chi connectivity index (χ4v) is 3.79. The van der Waals surface area contributed by atoms with E-state index in [2.05, 4.69) is 0 Å². The Morgan fingerprint density at radius 2 is 1.82 bits per heavy atom. The lowest BCUT2D eigenvalue weighted by molar-refractivity contribution is -0.119. The van der Waals surface area contributed by atoms with Crippen molar-refractivity contribution in [3.63, 3.8) is 0 Å². The smallest absolute Gasteiger partial charge is 0.294 e. The van der Waals surface area contributed by atoms with Gasteiger partial charge in [-0.3, -0.25) is 14.5 Å². The number of carbonyl (C=O) groups excluding carboxylic acids is 2. The third kappa shape index (κ3) is 3.39. The van der Waals surface area contributed by atoms with Gasteiger partial charge in [-0.15, -0.1) is 0 Å². The molecule has 1 aliphatic rings. The van der Waals surface area contributed by atoms with Crippen LogP contribution < -0.4 is 4.90 Å². The summed E-state index contributed by atoms with van der Waals surface area (Å²) in [4.78, 5) is 26.6. The Morgan fingerprint density at radius 3 is 2.43 bits per heavy atom. The number of ketones is 1. The van der Waals surface area contributed by atoms with E-state index in [1.165, 1.54) is 36.4 Å². The Balaban J connectivity index is 2.28. The maximum absolute atomic E-state index is 14.7. The molecule has 2 aromatic carbocycles. The summed E-state index contributed by atoms with van der Waals surface area (Å²) in [5, 5.41) is 10.8. The van der Waals surface area contributed by atoms with Gasteiger partial charge in [0.05, 0.1) is 22.3 Å². The summed E-state index contributed by atoms with van der Waals surface area (Å²) in [6.07, 6.45) is 0. The summed E-state index contributed by atoms with van der Waals surface area (Å²) in [6.45, 7) is 3.27. The molecule has 0 saturated carbocycles. The van der Waals surface area contributed by atoms with Crippen LogP contribution in [0.15, 0.2) is 47.7 Å². The zero-order valence-electron chi connectivity index (χ0n) is 14.8. The highest BCUT2D eigenvalue weighted by atomic mass is 35.5. The van der Waals surface area contributed by atoms with Gasteiger partial charge in [0, 0.05) is 16.0 Å². The molecule has 1 unspecified atom stereocenters. The first-order valence-corrected chi connectivity index (χ1v) is 9.48. The second-order valence-electron chi connectivity index (χ2n) is 6.60. The highest BCUT2D eigenvalue weighted by Crippen LogP contribution is 2.45. The fourth-order valence-electron chi connectivity index (χ4n) is 3.11. The number of anilines is 1. The molecule has 28 heavy (non-hydrogen) atoms. The van der Waals surface area contributed by atoms with Gasteiger partial charge in [-0.2, -0.15) is 0 Å². The number of aliphatic hydroxyl groups excluding tert-OH is 1. The zero-order chi connectivity index (χ0) is 20.7. The van der Waals surface area contributed by atoms with Gasteiger partial charge in [0.15, 0.2) is 17.4 Å². The van der Waals surface area contributed by atoms with E-state index in [4.69, 9.17) is 34.8 Å². The molecular weight excluding hydrogens is 428 g/mol. The highest BCUT2D eigenvalue weighted by Gasteiger charge is 2.46. The van der Waals surface area contributed by atoms with E-state index in [-0.39, 0.29) is 21.3 Å². The summed E-state index contributed by atoms with van der Waals surface area (Å²) in [6, 6.07) is 7.53. The van der Waals surface area contributed by atoms with Gasteiger partial charge in [0.25, 0.3) is 5.91 Å². The normalized spacial score (nSPS) is 17.0. The van der Waals surface area contributed by atoms with Crippen LogP contribution in [0, 0.1) is 11.7 Å². The van der Waals surface area contributed by atoms with E-state index in [9.17, 15) is 19.1 Å². The molecule has 4 nitrogen and oxygen atoms in total. The van der Waals surface area contributed by atoms with Gasteiger partial charge >= 0.3 is 0 Å². The minimum absolute atomic E-state index is 0.149. The Morgan fingerprint density at radius 1 is 1.14 bits per heavy atom. The Kier molecular flexibility index (Phi) is 5.71. The van der Waals surface area contributed by atoms with Crippen LogP contribution in [-0.2, 0) is 9.59 Å². The first kappa shape index (κ1) is 20.6. The molecule has 1 N–H and O–H groups in total. The lowest BCUT2D eigenvalue weighted by atomic mass is 9.91. The van der Waals surface area contributed by atoms with Gasteiger partial charge in [-0.1, -0.05) is 60.8 Å². The zero-order valence-corrected chi connectivity index (χ0v) is 17.1. The fraction of sp³-hybridized carbons (Fsp3) is 0.200. The first-order chi connectivity index (χ1) is 13.1. The molecule has 1 amide bonds. The van der Waals surface area contributed by atoms with Crippen LogP contribution in [0.1, 0.15) is 25.5 Å². The first-order valence-electron chi connectivity index (χ1n) is 8.35. The Hall–Kier alpha value is -2.08. The molecule has 1 atom stereocenters. The minimum Gasteiger partial charge on any atom is -0.503 e. The van der Waals surface area contributed by atoms with Crippen LogP contribution in [0.4, 0.5) is 10.1 Å². The summed E-state index contributed by atoms with van der Waals surface area (Å²) < 4.78 is 14.7. The van der Waals surface area contributed by atoms with Crippen molar-refractivity contribution in [3.8, 4) is 0 Å². The van der Waals surface area contributed by atoms with E-state index in [1.54, 1.807) is 13.8 Å².